The number of hydrogen-bond donors (Lipinski definition) is 4. The summed E-state index contributed by atoms with van der Waals surface area (Å²) >= 11 is 0. The van der Waals surface area contributed by atoms with E-state index in [0.29, 0.717) is 12.8 Å². The third-order valence-corrected chi connectivity index (χ3v) is 4.19. The highest BCUT2D eigenvalue weighted by Gasteiger charge is 2.40. The molecule has 0 aromatic carbocycles. The van der Waals surface area contributed by atoms with E-state index in [1.54, 1.807) is 0 Å². The summed E-state index contributed by atoms with van der Waals surface area (Å²) < 4.78 is 0. The largest absolute Gasteiger partial charge is 0.481 e. The minimum atomic E-state index is -0.831. The highest BCUT2D eigenvalue weighted by molar-refractivity contribution is 5.87. The maximum absolute atomic E-state index is 12.0. The Balaban J connectivity index is 1.87. The number of amides is 2. The molecule has 1 aliphatic carbocycles. The first kappa shape index (κ1) is 14.8. The van der Waals surface area contributed by atoms with Crippen LogP contribution in [0, 0.1) is 5.41 Å². The van der Waals surface area contributed by atoms with Crippen molar-refractivity contribution in [2.24, 2.45) is 5.41 Å². The van der Waals surface area contributed by atoms with Crippen molar-refractivity contribution >= 4 is 17.8 Å². The van der Waals surface area contributed by atoms with E-state index in [4.69, 9.17) is 0 Å². The van der Waals surface area contributed by atoms with Crippen LogP contribution in [0.4, 0.5) is 0 Å². The summed E-state index contributed by atoms with van der Waals surface area (Å²) in [5.41, 5.74) is -0.828. The average Bonchev–Trinajstić information content (AvgIpc) is 2.46. The van der Waals surface area contributed by atoms with Crippen LogP contribution in [-0.4, -0.2) is 48.6 Å². The van der Waals surface area contributed by atoms with Gasteiger partial charge in [0.15, 0.2) is 0 Å². The smallest absolute Gasteiger partial charge is 0.311 e. The minimum absolute atomic E-state index is 0.113. The molecule has 7 heteroatoms. The van der Waals surface area contributed by atoms with Gasteiger partial charge in [0, 0.05) is 13.1 Å². The van der Waals surface area contributed by atoms with Crippen LogP contribution in [0.5, 0.6) is 0 Å². The summed E-state index contributed by atoms with van der Waals surface area (Å²) in [5.74, 6) is -1.22. The van der Waals surface area contributed by atoms with E-state index in [9.17, 15) is 19.5 Å². The van der Waals surface area contributed by atoms with Gasteiger partial charge in [0.25, 0.3) is 0 Å². The molecule has 0 bridgehead atoms. The van der Waals surface area contributed by atoms with Gasteiger partial charge in [-0.25, -0.2) is 0 Å². The Morgan fingerprint density at radius 1 is 1.30 bits per heavy atom. The van der Waals surface area contributed by atoms with Gasteiger partial charge in [-0.15, -0.1) is 0 Å². The van der Waals surface area contributed by atoms with Crippen molar-refractivity contribution in [3.63, 3.8) is 0 Å². The van der Waals surface area contributed by atoms with Crippen LogP contribution in [0.2, 0.25) is 0 Å². The van der Waals surface area contributed by atoms with Crippen LogP contribution in [0.25, 0.3) is 0 Å². The standard InChI is InChI=1S/C13H21N3O4/c17-10-7-14-9(6-15-10)11(18)16-8-13(12(19)20)4-2-1-3-5-13/h9,14H,1-8H2,(H,15,17)(H,16,18)(H,19,20). The van der Waals surface area contributed by atoms with E-state index in [2.05, 4.69) is 16.0 Å². The molecular weight excluding hydrogens is 262 g/mol. The zero-order valence-electron chi connectivity index (χ0n) is 11.4. The Labute approximate surface area is 117 Å². The first-order chi connectivity index (χ1) is 9.53. The second kappa shape index (κ2) is 6.21. The molecule has 0 radical (unpaired) electrons. The molecule has 1 heterocycles. The lowest BCUT2D eigenvalue weighted by Crippen LogP contribution is -2.59. The highest BCUT2D eigenvalue weighted by Crippen LogP contribution is 2.35. The number of aliphatic carboxylic acids is 1. The number of hydrogen-bond acceptors (Lipinski definition) is 4. The lowest BCUT2D eigenvalue weighted by molar-refractivity contribution is -0.151. The molecule has 2 aliphatic rings. The van der Waals surface area contributed by atoms with Crippen molar-refractivity contribution in [2.45, 2.75) is 38.1 Å². The zero-order chi connectivity index (χ0) is 14.6. The second-order valence-corrected chi connectivity index (χ2v) is 5.60. The van der Waals surface area contributed by atoms with Gasteiger partial charge < -0.3 is 15.7 Å². The Morgan fingerprint density at radius 3 is 2.55 bits per heavy atom. The van der Waals surface area contributed by atoms with Gasteiger partial charge in [-0.2, -0.15) is 0 Å². The first-order valence-corrected chi connectivity index (χ1v) is 7.05. The molecule has 1 atom stereocenters. The van der Waals surface area contributed by atoms with Crippen LogP contribution >= 0.6 is 0 Å². The molecule has 7 nitrogen and oxygen atoms in total. The van der Waals surface area contributed by atoms with Crippen LogP contribution < -0.4 is 16.0 Å². The fourth-order valence-electron chi connectivity index (χ4n) is 2.83. The molecule has 1 unspecified atom stereocenters. The predicted molar refractivity (Wildman–Crippen MR) is 71.0 cm³/mol. The summed E-state index contributed by atoms with van der Waals surface area (Å²) in [7, 11) is 0. The molecule has 1 saturated carbocycles. The molecule has 20 heavy (non-hydrogen) atoms. The third kappa shape index (κ3) is 3.27. The summed E-state index contributed by atoms with van der Waals surface area (Å²) in [6, 6.07) is -0.484. The Morgan fingerprint density at radius 2 is 2.00 bits per heavy atom. The van der Waals surface area contributed by atoms with Gasteiger partial charge in [-0.05, 0) is 12.8 Å². The lowest BCUT2D eigenvalue weighted by Gasteiger charge is -2.34. The van der Waals surface area contributed by atoms with Crippen LogP contribution in [0.15, 0.2) is 0 Å². The van der Waals surface area contributed by atoms with E-state index < -0.39 is 17.4 Å². The second-order valence-electron chi connectivity index (χ2n) is 5.60. The van der Waals surface area contributed by atoms with E-state index in [1.165, 1.54) is 0 Å². The van der Waals surface area contributed by atoms with Crippen molar-refractivity contribution in [1.82, 2.24) is 16.0 Å². The van der Waals surface area contributed by atoms with Gasteiger partial charge in [-0.1, -0.05) is 19.3 Å². The van der Waals surface area contributed by atoms with Crippen molar-refractivity contribution in [1.29, 1.82) is 0 Å². The minimum Gasteiger partial charge on any atom is -0.481 e. The molecule has 2 fully saturated rings. The van der Waals surface area contributed by atoms with Gasteiger partial charge in [0.05, 0.1) is 12.0 Å². The van der Waals surface area contributed by atoms with Gasteiger partial charge in [-0.3, -0.25) is 19.7 Å². The molecule has 0 spiro atoms. The molecule has 112 valence electrons. The fraction of sp³-hybridized carbons (Fsp3) is 0.769. The third-order valence-electron chi connectivity index (χ3n) is 4.19. The van der Waals surface area contributed by atoms with Crippen molar-refractivity contribution < 1.29 is 19.5 Å². The van der Waals surface area contributed by atoms with Gasteiger partial charge in [0.2, 0.25) is 11.8 Å². The molecule has 1 aliphatic heterocycles. The number of piperazine rings is 1. The van der Waals surface area contributed by atoms with Crippen molar-refractivity contribution in [3.05, 3.63) is 0 Å². The number of carboxylic acid groups (broad SMARTS) is 1. The molecule has 2 rings (SSSR count). The van der Waals surface area contributed by atoms with Crippen LogP contribution in [0.3, 0.4) is 0 Å². The van der Waals surface area contributed by atoms with E-state index in [-0.39, 0.29) is 31.4 Å². The maximum Gasteiger partial charge on any atom is 0.311 e. The van der Waals surface area contributed by atoms with E-state index >= 15 is 0 Å². The predicted octanol–water partition coefficient (Wildman–Crippen LogP) is -0.774. The fourth-order valence-corrected chi connectivity index (χ4v) is 2.83. The van der Waals surface area contributed by atoms with Crippen LogP contribution in [-0.2, 0) is 14.4 Å². The Hall–Kier alpha value is -1.63. The molecular formula is C13H21N3O4. The zero-order valence-corrected chi connectivity index (χ0v) is 11.4. The first-order valence-electron chi connectivity index (χ1n) is 7.05. The Bertz CT molecular complexity index is 394. The normalized spacial score (nSPS) is 25.6. The molecule has 1 saturated heterocycles. The number of carbonyl (C=O) groups excluding carboxylic acids is 2. The molecule has 4 N–H and O–H groups in total. The summed E-state index contributed by atoms with van der Waals surface area (Å²) in [6.07, 6.45) is 4.05. The van der Waals surface area contributed by atoms with E-state index in [0.717, 1.165) is 19.3 Å². The quantitative estimate of drug-likeness (QED) is 0.542. The summed E-state index contributed by atoms with van der Waals surface area (Å²) in [6.45, 7) is 0.514. The lowest BCUT2D eigenvalue weighted by atomic mass is 9.74. The highest BCUT2D eigenvalue weighted by atomic mass is 16.4. The number of nitrogens with one attached hydrogen (secondary N) is 3. The Kier molecular flexibility index (Phi) is 4.59. The monoisotopic (exact) mass is 283 g/mol. The number of rotatable bonds is 4. The maximum atomic E-state index is 12.0. The molecule has 2 amide bonds. The topological polar surface area (TPSA) is 108 Å². The molecule has 0 aromatic heterocycles. The van der Waals surface area contributed by atoms with Crippen molar-refractivity contribution in [2.75, 3.05) is 19.6 Å². The van der Waals surface area contributed by atoms with Crippen molar-refractivity contribution in [3.8, 4) is 0 Å². The number of carboxylic acids is 1. The van der Waals surface area contributed by atoms with Crippen LogP contribution in [0.1, 0.15) is 32.1 Å². The van der Waals surface area contributed by atoms with E-state index in [1.807, 2.05) is 0 Å². The average molecular weight is 283 g/mol. The SMILES string of the molecule is O=C1CNC(C(=O)NCC2(C(=O)O)CCCCC2)CN1. The van der Waals surface area contributed by atoms with Gasteiger partial charge >= 0.3 is 5.97 Å². The number of carbonyl (C=O) groups is 3. The molecule has 0 aromatic rings. The summed E-state index contributed by atoms with van der Waals surface area (Å²) in [5, 5.41) is 17.6. The summed E-state index contributed by atoms with van der Waals surface area (Å²) in [4.78, 5) is 34.5. The van der Waals surface area contributed by atoms with Gasteiger partial charge in [0.1, 0.15) is 6.04 Å².